The first-order valence-electron chi connectivity index (χ1n) is 9.46. The van der Waals surface area contributed by atoms with Crippen LogP contribution < -0.4 is 11.2 Å². The molecule has 1 aromatic carbocycles. The molecule has 1 N–H and O–H groups in total. The number of ether oxygens (including phenoxy) is 1. The Bertz CT molecular complexity index is 1210. The Balaban J connectivity index is 1.92. The molecule has 0 bridgehead atoms. The number of fused-ring (bicyclic) bond motifs is 3. The van der Waals surface area contributed by atoms with E-state index < -0.39 is 35.5 Å². The summed E-state index contributed by atoms with van der Waals surface area (Å²) in [4.78, 5) is 55.7. The normalized spacial score (nSPS) is 14.4. The third-order valence-electron chi connectivity index (χ3n) is 5.30. The number of esters is 1. The highest BCUT2D eigenvalue weighted by atomic mass is 32.1. The second-order valence-corrected chi connectivity index (χ2v) is 8.15. The number of H-pyrrole nitrogens is 1. The lowest BCUT2D eigenvalue weighted by molar-refractivity contribution is -0.141. The van der Waals surface area contributed by atoms with Gasteiger partial charge in [-0.1, -0.05) is 30.3 Å². The predicted molar refractivity (Wildman–Crippen MR) is 110 cm³/mol. The number of carbonyl (C=O) groups is 2. The quantitative estimate of drug-likeness (QED) is 0.513. The van der Waals surface area contributed by atoms with Gasteiger partial charge in [0.15, 0.2) is 5.78 Å². The Morgan fingerprint density at radius 1 is 1.17 bits per heavy atom. The summed E-state index contributed by atoms with van der Waals surface area (Å²) in [5.74, 6) is -1.15. The molecule has 0 radical (unpaired) electrons. The lowest BCUT2D eigenvalue weighted by Crippen LogP contribution is -2.42. The van der Waals surface area contributed by atoms with Crippen LogP contribution in [0.15, 0.2) is 39.9 Å². The summed E-state index contributed by atoms with van der Waals surface area (Å²) in [6, 6.07) is 7.05. The van der Waals surface area contributed by atoms with E-state index in [-0.39, 0.29) is 0 Å². The van der Waals surface area contributed by atoms with Crippen molar-refractivity contribution in [3.63, 3.8) is 0 Å². The summed E-state index contributed by atoms with van der Waals surface area (Å²) in [6.45, 7) is 0. The fourth-order valence-corrected chi connectivity index (χ4v) is 5.14. The van der Waals surface area contributed by atoms with Gasteiger partial charge in [-0.2, -0.15) is 0 Å². The first-order valence-corrected chi connectivity index (χ1v) is 10.3. The third-order valence-corrected chi connectivity index (χ3v) is 6.51. The molecule has 0 saturated heterocycles. The number of thiophene rings is 1. The van der Waals surface area contributed by atoms with E-state index in [0.717, 1.165) is 40.7 Å². The number of hydrogen-bond acceptors (Lipinski definition) is 6. The molecule has 2 aromatic heterocycles. The van der Waals surface area contributed by atoms with E-state index in [1.54, 1.807) is 30.3 Å². The van der Waals surface area contributed by atoms with Crippen LogP contribution in [0.3, 0.4) is 0 Å². The number of aromatic nitrogens is 2. The smallest absolute Gasteiger partial charge is 0.330 e. The summed E-state index contributed by atoms with van der Waals surface area (Å²) < 4.78 is 5.60. The van der Waals surface area contributed by atoms with Crippen molar-refractivity contribution in [3.8, 4) is 0 Å². The van der Waals surface area contributed by atoms with E-state index in [4.69, 9.17) is 4.74 Å². The molecule has 2 heterocycles. The Hall–Kier alpha value is -3.00. The lowest BCUT2D eigenvalue weighted by atomic mass is 9.97. The summed E-state index contributed by atoms with van der Waals surface area (Å²) in [5, 5.41) is 0.458. The van der Waals surface area contributed by atoms with Crippen molar-refractivity contribution in [2.75, 3.05) is 7.11 Å². The molecular formula is C21H20N2O5S. The molecule has 150 valence electrons. The minimum atomic E-state index is -1.27. The number of rotatable bonds is 5. The second-order valence-electron chi connectivity index (χ2n) is 7.05. The van der Waals surface area contributed by atoms with Crippen LogP contribution in [0.1, 0.15) is 46.1 Å². The summed E-state index contributed by atoms with van der Waals surface area (Å²) in [5.41, 5.74) is 0.0518. The van der Waals surface area contributed by atoms with Crippen molar-refractivity contribution >= 4 is 33.3 Å². The number of aromatic amines is 1. The zero-order valence-corrected chi connectivity index (χ0v) is 16.7. The minimum Gasteiger partial charge on any atom is -0.469 e. The number of aryl methyl sites for hydroxylation is 2. The van der Waals surface area contributed by atoms with Crippen LogP contribution in [-0.4, -0.2) is 28.4 Å². The van der Waals surface area contributed by atoms with Gasteiger partial charge in [-0.25, -0.2) is 9.36 Å². The van der Waals surface area contributed by atoms with Crippen LogP contribution in [0.5, 0.6) is 0 Å². The number of carbonyl (C=O) groups excluding carboxylic acids is 2. The molecule has 0 fully saturated rings. The van der Waals surface area contributed by atoms with E-state index in [1.807, 2.05) is 0 Å². The first kappa shape index (κ1) is 19.3. The van der Waals surface area contributed by atoms with Gasteiger partial charge in [-0.15, -0.1) is 11.3 Å². The van der Waals surface area contributed by atoms with Gasteiger partial charge in [0.1, 0.15) is 10.9 Å². The van der Waals surface area contributed by atoms with Crippen LogP contribution in [0.2, 0.25) is 0 Å². The molecule has 7 nitrogen and oxygen atoms in total. The molecule has 1 aliphatic rings. The van der Waals surface area contributed by atoms with Crippen LogP contribution in [0.25, 0.3) is 10.2 Å². The van der Waals surface area contributed by atoms with Crippen LogP contribution in [-0.2, 0) is 22.4 Å². The first-order chi connectivity index (χ1) is 14.0. The number of Topliss-reactive ketones (excluding diaryl/α,β-unsaturated/α-hetero) is 1. The van der Waals surface area contributed by atoms with Crippen molar-refractivity contribution in [3.05, 3.63) is 67.2 Å². The van der Waals surface area contributed by atoms with Crippen molar-refractivity contribution in [1.29, 1.82) is 0 Å². The Morgan fingerprint density at radius 2 is 1.90 bits per heavy atom. The van der Waals surface area contributed by atoms with Gasteiger partial charge in [0, 0.05) is 10.4 Å². The number of nitrogens with zero attached hydrogens (tertiary/aromatic N) is 1. The number of nitrogens with one attached hydrogen (secondary N) is 1. The highest BCUT2D eigenvalue weighted by molar-refractivity contribution is 7.18. The monoisotopic (exact) mass is 412 g/mol. The molecule has 0 spiro atoms. The Labute approximate surface area is 169 Å². The number of hydrogen-bond donors (Lipinski definition) is 1. The van der Waals surface area contributed by atoms with Gasteiger partial charge < -0.3 is 4.74 Å². The van der Waals surface area contributed by atoms with Gasteiger partial charge in [0.05, 0.1) is 18.9 Å². The maximum atomic E-state index is 13.4. The highest BCUT2D eigenvalue weighted by Crippen LogP contribution is 2.33. The fourth-order valence-electron chi connectivity index (χ4n) is 3.87. The zero-order valence-electron chi connectivity index (χ0n) is 15.9. The molecule has 0 aliphatic heterocycles. The average molecular weight is 412 g/mol. The van der Waals surface area contributed by atoms with Gasteiger partial charge in [0.2, 0.25) is 0 Å². The van der Waals surface area contributed by atoms with E-state index >= 15 is 0 Å². The van der Waals surface area contributed by atoms with Crippen LogP contribution >= 0.6 is 11.3 Å². The molecule has 0 saturated carbocycles. The summed E-state index contributed by atoms with van der Waals surface area (Å²) >= 11 is 1.43. The molecule has 1 unspecified atom stereocenters. The molecule has 1 aliphatic carbocycles. The Morgan fingerprint density at radius 3 is 2.62 bits per heavy atom. The molecule has 4 rings (SSSR count). The average Bonchev–Trinajstić information content (AvgIpc) is 3.11. The van der Waals surface area contributed by atoms with E-state index in [1.165, 1.54) is 18.4 Å². The lowest BCUT2D eigenvalue weighted by Gasteiger charge is -2.17. The maximum absolute atomic E-state index is 13.4. The second kappa shape index (κ2) is 7.79. The van der Waals surface area contributed by atoms with Gasteiger partial charge in [-0.3, -0.25) is 19.4 Å². The predicted octanol–water partition coefficient (Wildman–Crippen LogP) is 2.62. The van der Waals surface area contributed by atoms with Crippen molar-refractivity contribution < 1.29 is 14.3 Å². The number of benzene rings is 1. The minimum absolute atomic E-state index is 0.320. The maximum Gasteiger partial charge on any atom is 0.330 e. The summed E-state index contributed by atoms with van der Waals surface area (Å²) in [7, 11) is 1.21. The van der Waals surface area contributed by atoms with E-state index in [2.05, 4.69) is 4.98 Å². The topological polar surface area (TPSA) is 98.2 Å². The number of methoxy groups -OCH3 is 1. The number of ketones is 1. The molecule has 29 heavy (non-hydrogen) atoms. The molecule has 1 atom stereocenters. The third kappa shape index (κ3) is 3.44. The van der Waals surface area contributed by atoms with E-state index in [9.17, 15) is 19.2 Å². The van der Waals surface area contributed by atoms with Crippen molar-refractivity contribution in [2.45, 2.75) is 38.1 Å². The molecule has 0 amide bonds. The van der Waals surface area contributed by atoms with Crippen molar-refractivity contribution in [2.24, 2.45) is 0 Å². The van der Waals surface area contributed by atoms with Gasteiger partial charge in [-0.05, 0) is 31.2 Å². The van der Waals surface area contributed by atoms with Crippen LogP contribution in [0.4, 0.5) is 0 Å². The Kier molecular flexibility index (Phi) is 5.19. The fraction of sp³-hybridized carbons (Fsp3) is 0.333. The SMILES string of the molecule is COC(=O)CC(C(=O)c1ccccc1)n1c(=O)[nH]c2sc3c(c2c1=O)CCCC3. The van der Waals surface area contributed by atoms with Crippen molar-refractivity contribution in [1.82, 2.24) is 9.55 Å². The zero-order chi connectivity index (χ0) is 20.5. The van der Waals surface area contributed by atoms with Gasteiger partial charge >= 0.3 is 11.7 Å². The standard InChI is InChI=1S/C21H20N2O5S/c1-28-16(24)11-14(18(25)12-7-3-2-4-8-12)23-20(26)17-13-9-5-6-10-15(13)29-19(17)22-21(23)27/h2-4,7-8,14H,5-6,9-11H2,1H3,(H,22,27). The highest BCUT2D eigenvalue weighted by Gasteiger charge is 2.30. The molecule has 3 aromatic rings. The largest absolute Gasteiger partial charge is 0.469 e. The molecular weight excluding hydrogens is 392 g/mol. The molecule has 8 heteroatoms. The van der Waals surface area contributed by atoms with Crippen LogP contribution in [0, 0.1) is 0 Å². The van der Waals surface area contributed by atoms with E-state index in [0.29, 0.717) is 15.8 Å². The summed E-state index contributed by atoms with van der Waals surface area (Å²) in [6.07, 6.45) is 3.28. The van der Waals surface area contributed by atoms with Gasteiger partial charge in [0.25, 0.3) is 5.56 Å².